The standard InChI is InChI=1S/C36H36N6OS/c37-24-30-10-12-31(13-11-30)26-42-28-38-25-34(42)27-41(18-4-8-29-6-2-1-3-7-29)33-16-14-32(15-17-33)39-19-21-40(22-20-39)36(43)35-9-5-23-44-35/h1-3,5-7,9-17,23,25,28H,4,8,18-22,26-27H2. The summed E-state index contributed by atoms with van der Waals surface area (Å²) in [5.41, 5.74) is 6.67. The van der Waals surface area contributed by atoms with Crippen LogP contribution >= 0.6 is 11.3 Å². The zero-order chi connectivity index (χ0) is 30.1. The fourth-order valence-corrected chi connectivity index (χ4v) is 6.41. The Hall–Kier alpha value is -4.87. The maximum atomic E-state index is 12.8. The van der Waals surface area contributed by atoms with E-state index in [1.165, 1.54) is 28.3 Å². The highest BCUT2D eigenvalue weighted by Crippen LogP contribution is 2.25. The lowest BCUT2D eigenvalue weighted by Crippen LogP contribution is -2.48. The minimum absolute atomic E-state index is 0.138. The van der Waals surface area contributed by atoms with E-state index in [1.54, 1.807) is 0 Å². The first-order valence-electron chi connectivity index (χ1n) is 15.1. The Bertz CT molecular complexity index is 1670. The summed E-state index contributed by atoms with van der Waals surface area (Å²) in [5, 5.41) is 11.1. The molecule has 0 aliphatic carbocycles. The van der Waals surface area contributed by atoms with Gasteiger partial charge in [-0.3, -0.25) is 4.79 Å². The van der Waals surface area contributed by atoms with Crippen LogP contribution in [0.2, 0.25) is 0 Å². The average molecular weight is 601 g/mol. The van der Waals surface area contributed by atoms with Crippen molar-refractivity contribution in [2.24, 2.45) is 0 Å². The van der Waals surface area contributed by atoms with Crippen molar-refractivity contribution in [3.05, 3.63) is 136 Å². The number of hydrogen-bond acceptors (Lipinski definition) is 6. The molecule has 2 aromatic heterocycles. The zero-order valence-electron chi connectivity index (χ0n) is 24.8. The van der Waals surface area contributed by atoms with Gasteiger partial charge in [0.2, 0.25) is 0 Å². The number of amides is 1. The van der Waals surface area contributed by atoms with E-state index in [0.29, 0.717) is 12.1 Å². The van der Waals surface area contributed by atoms with Crippen LogP contribution in [0.15, 0.2) is 109 Å². The number of carbonyl (C=O) groups excluding carboxylic acids is 1. The van der Waals surface area contributed by atoms with Crippen molar-refractivity contribution in [3.63, 3.8) is 0 Å². The molecule has 0 atom stereocenters. The van der Waals surface area contributed by atoms with Gasteiger partial charge in [0.15, 0.2) is 0 Å². The Morgan fingerprint density at radius 2 is 1.66 bits per heavy atom. The molecular weight excluding hydrogens is 565 g/mol. The van der Waals surface area contributed by atoms with E-state index in [4.69, 9.17) is 5.26 Å². The van der Waals surface area contributed by atoms with Crippen molar-refractivity contribution in [2.75, 3.05) is 42.5 Å². The van der Waals surface area contributed by atoms with Crippen molar-refractivity contribution >= 4 is 28.6 Å². The van der Waals surface area contributed by atoms with Gasteiger partial charge in [-0.2, -0.15) is 5.26 Å². The molecule has 1 aliphatic heterocycles. The van der Waals surface area contributed by atoms with Gasteiger partial charge in [0.1, 0.15) is 0 Å². The lowest BCUT2D eigenvalue weighted by atomic mass is 10.1. The van der Waals surface area contributed by atoms with Gasteiger partial charge in [0.05, 0.1) is 35.1 Å². The van der Waals surface area contributed by atoms with Crippen LogP contribution in [0.5, 0.6) is 0 Å². The molecule has 8 heteroatoms. The molecule has 3 aromatic carbocycles. The quantitative estimate of drug-likeness (QED) is 0.174. The third kappa shape index (κ3) is 7.19. The fraction of sp³-hybridized carbons (Fsp3) is 0.250. The van der Waals surface area contributed by atoms with Gasteiger partial charge < -0.3 is 19.3 Å². The van der Waals surface area contributed by atoms with Crippen molar-refractivity contribution in [3.8, 4) is 6.07 Å². The third-order valence-electron chi connectivity index (χ3n) is 8.20. The molecule has 0 spiro atoms. The van der Waals surface area contributed by atoms with Crippen molar-refractivity contribution in [1.82, 2.24) is 14.5 Å². The second-order valence-electron chi connectivity index (χ2n) is 11.1. The van der Waals surface area contributed by atoms with Gasteiger partial charge >= 0.3 is 0 Å². The van der Waals surface area contributed by atoms with Gasteiger partial charge in [0.25, 0.3) is 5.91 Å². The number of nitrogens with zero attached hydrogens (tertiary/aromatic N) is 6. The summed E-state index contributed by atoms with van der Waals surface area (Å²) in [6.07, 6.45) is 5.91. The van der Waals surface area contributed by atoms with E-state index in [-0.39, 0.29) is 5.91 Å². The van der Waals surface area contributed by atoms with Crippen LogP contribution in [-0.2, 0) is 19.5 Å². The normalized spacial score (nSPS) is 13.1. The monoisotopic (exact) mass is 600 g/mol. The summed E-state index contributed by atoms with van der Waals surface area (Å²) in [7, 11) is 0. The van der Waals surface area contributed by atoms with Crippen LogP contribution < -0.4 is 9.80 Å². The summed E-state index contributed by atoms with van der Waals surface area (Å²) in [4.78, 5) is 24.9. The number of anilines is 2. The van der Waals surface area contributed by atoms with Crippen LogP contribution in [0.3, 0.4) is 0 Å². The minimum atomic E-state index is 0.138. The van der Waals surface area contributed by atoms with Crippen LogP contribution in [0.4, 0.5) is 11.4 Å². The van der Waals surface area contributed by atoms with E-state index >= 15 is 0 Å². The minimum Gasteiger partial charge on any atom is -0.368 e. The number of thiophene rings is 1. The summed E-state index contributed by atoms with van der Waals surface area (Å²) in [5.74, 6) is 0.138. The molecule has 222 valence electrons. The Balaban J connectivity index is 1.14. The molecule has 1 amide bonds. The fourth-order valence-electron chi connectivity index (χ4n) is 5.72. The Labute approximate surface area is 263 Å². The van der Waals surface area contributed by atoms with Gasteiger partial charge in [-0.05, 0) is 71.8 Å². The maximum Gasteiger partial charge on any atom is 0.264 e. The van der Waals surface area contributed by atoms with E-state index in [9.17, 15) is 4.79 Å². The lowest BCUT2D eigenvalue weighted by Gasteiger charge is -2.36. The van der Waals surface area contributed by atoms with Crippen molar-refractivity contribution in [1.29, 1.82) is 5.26 Å². The molecule has 5 aromatic rings. The van der Waals surface area contributed by atoms with Gasteiger partial charge in [-0.1, -0.05) is 48.5 Å². The summed E-state index contributed by atoms with van der Waals surface area (Å²) >= 11 is 1.51. The zero-order valence-corrected chi connectivity index (χ0v) is 25.6. The number of benzene rings is 3. The highest BCUT2D eigenvalue weighted by atomic mass is 32.1. The Morgan fingerprint density at radius 1 is 0.886 bits per heavy atom. The number of aromatic nitrogens is 2. The largest absolute Gasteiger partial charge is 0.368 e. The molecule has 0 N–H and O–H groups in total. The Kier molecular flexibility index (Phi) is 9.34. The average Bonchev–Trinajstić information content (AvgIpc) is 3.78. The molecule has 6 rings (SSSR count). The highest BCUT2D eigenvalue weighted by Gasteiger charge is 2.23. The molecule has 0 bridgehead atoms. The van der Waals surface area contributed by atoms with Crippen LogP contribution in [0.1, 0.15) is 38.5 Å². The second-order valence-corrected chi connectivity index (χ2v) is 12.1. The molecule has 0 radical (unpaired) electrons. The number of hydrogen-bond donors (Lipinski definition) is 0. The molecule has 1 saturated heterocycles. The first-order chi connectivity index (χ1) is 21.7. The van der Waals surface area contributed by atoms with Crippen LogP contribution in [-0.4, -0.2) is 53.1 Å². The van der Waals surface area contributed by atoms with Gasteiger partial charge in [0, 0.05) is 56.8 Å². The third-order valence-corrected chi connectivity index (χ3v) is 9.06. The summed E-state index contributed by atoms with van der Waals surface area (Å²) < 4.78 is 2.19. The van der Waals surface area contributed by atoms with E-state index < -0.39 is 0 Å². The smallest absolute Gasteiger partial charge is 0.264 e. The maximum absolute atomic E-state index is 12.8. The SMILES string of the molecule is N#Cc1ccc(Cn2cncc2CN(CCCc2ccccc2)c2ccc(N3CCN(C(=O)c4cccs4)CC3)cc2)cc1. The van der Waals surface area contributed by atoms with Crippen molar-refractivity contribution < 1.29 is 4.79 Å². The first kappa shape index (κ1) is 29.2. The number of rotatable bonds is 11. The molecule has 7 nitrogen and oxygen atoms in total. The van der Waals surface area contributed by atoms with Crippen LogP contribution in [0, 0.1) is 11.3 Å². The summed E-state index contributed by atoms with van der Waals surface area (Å²) in [6, 6.07) is 33.3. The predicted octanol–water partition coefficient (Wildman–Crippen LogP) is 6.47. The topological polar surface area (TPSA) is 68.4 Å². The molecular formula is C36H36N6OS. The second kappa shape index (κ2) is 14.1. The molecule has 44 heavy (non-hydrogen) atoms. The van der Waals surface area contributed by atoms with Gasteiger partial charge in [-0.15, -0.1) is 11.3 Å². The molecule has 1 aliphatic rings. The number of nitriles is 1. The number of carbonyl (C=O) groups is 1. The van der Waals surface area contributed by atoms with Gasteiger partial charge in [-0.25, -0.2) is 4.98 Å². The van der Waals surface area contributed by atoms with E-state index in [2.05, 4.69) is 80.0 Å². The number of aryl methyl sites for hydroxylation is 1. The molecule has 1 fully saturated rings. The first-order valence-corrected chi connectivity index (χ1v) is 16.0. The molecule has 0 saturated carbocycles. The molecule has 3 heterocycles. The Morgan fingerprint density at radius 3 is 2.36 bits per heavy atom. The lowest BCUT2D eigenvalue weighted by molar-refractivity contribution is 0.0751. The molecule has 0 unspecified atom stereocenters. The summed E-state index contributed by atoms with van der Waals surface area (Å²) in [6.45, 7) is 5.48. The van der Waals surface area contributed by atoms with Crippen LogP contribution in [0.25, 0.3) is 0 Å². The highest BCUT2D eigenvalue weighted by molar-refractivity contribution is 7.12. The predicted molar refractivity (Wildman–Crippen MR) is 177 cm³/mol. The number of imidazole rings is 1. The van der Waals surface area contributed by atoms with Crippen molar-refractivity contribution in [2.45, 2.75) is 25.9 Å². The number of piperazine rings is 1. The van der Waals surface area contributed by atoms with E-state index in [0.717, 1.165) is 68.2 Å². The van der Waals surface area contributed by atoms with E-state index in [1.807, 2.05) is 59.2 Å².